The number of alkyl halides is 1. The van der Waals surface area contributed by atoms with E-state index in [1.54, 1.807) is 6.07 Å². The molecule has 4 rings (SSSR count). The number of Topliss-reactive ketones (excluding diaryl/α,β-unsaturated/α-hetero) is 1. The molecule has 0 fully saturated rings. The second-order valence-corrected chi connectivity index (χ2v) is 8.66. The molecule has 3 amide bonds. The molecular weight excluding hydrogens is 528 g/mol. The van der Waals surface area contributed by atoms with E-state index in [4.69, 9.17) is 23.2 Å². The second kappa shape index (κ2) is 10.5. The van der Waals surface area contributed by atoms with Crippen LogP contribution in [0.1, 0.15) is 47.9 Å². The van der Waals surface area contributed by atoms with E-state index in [9.17, 15) is 33.7 Å². The molecule has 1 heterocycles. The summed E-state index contributed by atoms with van der Waals surface area (Å²) in [5, 5.41) is 12.6. The number of carbonyl (C=O) groups excluding carboxylic acids is 4. The Morgan fingerprint density at radius 2 is 1.68 bits per heavy atom. The molecule has 3 aromatic carbocycles. The van der Waals surface area contributed by atoms with E-state index in [-0.39, 0.29) is 34.0 Å². The normalized spacial score (nSPS) is 13.3. The number of amides is 3. The van der Waals surface area contributed by atoms with Gasteiger partial charge in [0.05, 0.1) is 21.1 Å². The largest absolute Gasteiger partial charge is 0.292 e. The van der Waals surface area contributed by atoms with E-state index < -0.39 is 51.5 Å². The predicted molar refractivity (Wildman–Crippen MR) is 131 cm³/mol. The summed E-state index contributed by atoms with van der Waals surface area (Å²) < 4.78 is 13.5. The minimum atomic E-state index is -1.52. The first kappa shape index (κ1) is 25.9. The van der Waals surface area contributed by atoms with E-state index >= 15 is 0 Å². The van der Waals surface area contributed by atoms with Crippen LogP contribution in [0.25, 0.3) is 0 Å². The van der Waals surface area contributed by atoms with Gasteiger partial charge in [0, 0.05) is 17.5 Å². The lowest BCUT2D eigenvalue weighted by molar-refractivity contribution is -0.385. The molecule has 0 aromatic heterocycles. The number of hydrazine groups is 1. The lowest BCUT2D eigenvalue weighted by Gasteiger charge is -2.36. The van der Waals surface area contributed by atoms with Gasteiger partial charge in [-0.2, -0.15) is 5.01 Å². The van der Waals surface area contributed by atoms with Crippen molar-refractivity contribution in [2.45, 2.75) is 12.5 Å². The molecule has 0 spiro atoms. The van der Waals surface area contributed by atoms with Crippen LogP contribution in [0.4, 0.5) is 10.1 Å². The van der Waals surface area contributed by atoms with Gasteiger partial charge in [0.1, 0.15) is 17.4 Å². The fourth-order valence-electron chi connectivity index (χ4n) is 4.01. The van der Waals surface area contributed by atoms with Crippen LogP contribution >= 0.6 is 23.2 Å². The number of hydrogen-bond donors (Lipinski definition) is 0. The maximum absolute atomic E-state index is 13.8. The molecule has 0 unspecified atom stereocenters. The predicted octanol–water partition coefficient (Wildman–Crippen LogP) is 4.92. The molecule has 9 nitrogen and oxygen atoms in total. The molecule has 188 valence electrons. The summed E-state index contributed by atoms with van der Waals surface area (Å²) in [7, 11) is 0. The lowest BCUT2D eigenvalue weighted by atomic mass is 10.0. The molecule has 3 aromatic rings. The molecule has 1 aliphatic heterocycles. The van der Waals surface area contributed by atoms with Crippen LogP contribution < -0.4 is 0 Å². The minimum absolute atomic E-state index is 0.0175. The van der Waals surface area contributed by atoms with Gasteiger partial charge in [-0.05, 0) is 48.9 Å². The summed E-state index contributed by atoms with van der Waals surface area (Å²) in [5.74, 6) is -4.73. The van der Waals surface area contributed by atoms with Crippen LogP contribution in [-0.4, -0.2) is 50.4 Å². The first-order valence-electron chi connectivity index (χ1n) is 10.8. The third kappa shape index (κ3) is 4.68. The topological polar surface area (TPSA) is 118 Å². The van der Waals surface area contributed by atoms with Crippen molar-refractivity contribution in [2.24, 2.45) is 0 Å². The molecule has 0 N–H and O–H groups in total. The number of ketones is 1. The Morgan fingerprint density at radius 1 is 1.00 bits per heavy atom. The zero-order valence-electron chi connectivity index (χ0n) is 18.8. The SMILES string of the molecule is O=C(c1ccc(F)cc1)[C@@H](CCCl)N(C(=O)c1ccccc1Cl)N1C(=O)c2cccc([N+](=O)[O-])c2C1=O. The van der Waals surface area contributed by atoms with Gasteiger partial charge in [0.2, 0.25) is 0 Å². The van der Waals surface area contributed by atoms with E-state index in [2.05, 4.69) is 0 Å². The van der Waals surface area contributed by atoms with Crippen molar-refractivity contribution in [2.75, 3.05) is 5.88 Å². The maximum Gasteiger partial charge on any atom is 0.287 e. The van der Waals surface area contributed by atoms with Crippen molar-refractivity contribution >= 4 is 52.4 Å². The standard InChI is InChI=1S/C25H16Cl2FN3O6/c26-13-12-20(22(32)14-8-10-15(28)11-9-14)29(23(33)16-4-1-2-6-18(16)27)30-24(34)17-5-3-7-19(31(36)37)21(17)25(30)35/h1-11,20H,12-13H2/t20-/m1/s1. The van der Waals surface area contributed by atoms with Crippen LogP contribution in [0.15, 0.2) is 66.7 Å². The first-order chi connectivity index (χ1) is 17.7. The van der Waals surface area contributed by atoms with Crippen molar-refractivity contribution in [1.82, 2.24) is 10.0 Å². The van der Waals surface area contributed by atoms with Crippen molar-refractivity contribution in [3.8, 4) is 0 Å². The Kier molecular flexibility index (Phi) is 7.33. The summed E-state index contributed by atoms with van der Waals surface area (Å²) in [5.41, 5.74) is -1.62. The lowest BCUT2D eigenvalue weighted by Crippen LogP contribution is -2.57. The third-order valence-corrected chi connectivity index (χ3v) is 6.25. The smallest absolute Gasteiger partial charge is 0.287 e. The number of imide groups is 1. The summed E-state index contributed by atoms with van der Waals surface area (Å²) >= 11 is 12.2. The maximum atomic E-state index is 13.8. The number of nitro groups is 1. The van der Waals surface area contributed by atoms with Gasteiger partial charge in [-0.1, -0.05) is 29.8 Å². The fraction of sp³-hybridized carbons (Fsp3) is 0.120. The van der Waals surface area contributed by atoms with E-state index in [1.807, 2.05) is 0 Å². The molecule has 0 aliphatic carbocycles. The molecule has 0 saturated carbocycles. The Morgan fingerprint density at radius 3 is 2.30 bits per heavy atom. The first-order valence-corrected chi connectivity index (χ1v) is 11.7. The van der Waals surface area contributed by atoms with Gasteiger partial charge in [0.15, 0.2) is 5.78 Å². The van der Waals surface area contributed by atoms with Crippen LogP contribution in [-0.2, 0) is 0 Å². The Hall–Kier alpha value is -4.15. The fourth-order valence-corrected chi connectivity index (χ4v) is 4.43. The zero-order valence-corrected chi connectivity index (χ0v) is 20.3. The average molecular weight is 544 g/mol. The number of hydrogen-bond acceptors (Lipinski definition) is 6. The Bertz CT molecular complexity index is 1450. The number of nitro benzene ring substituents is 1. The number of carbonyl (C=O) groups is 4. The molecule has 0 bridgehead atoms. The van der Waals surface area contributed by atoms with E-state index in [0.717, 1.165) is 18.2 Å². The van der Waals surface area contributed by atoms with Crippen LogP contribution in [0.2, 0.25) is 5.02 Å². The van der Waals surface area contributed by atoms with E-state index in [0.29, 0.717) is 10.0 Å². The van der Waals surface area contributed by atoms with Crippen molar-refractivity contribution in [3.05, 3.63) is 110 Å². The van der Waals surface area contributed by atoms with Crippen molar-refractivity contribution < 1.29 is 28.5 Å². The molecule has 1 atom stereocenters. The third-order valence-electron chi connectivity index (χ3n) is 5.71. The number of fused-ring (bicyclic) bond motifs is 1. The Balaban J connectivity index is 1.90. The van der Waals surface area contributed by atoms with Gasteiger partial charge in [-0.15, -0.1) is 11.6 Å². The van der Waals surface area contributed by atoms with Gasteiger partial charge >= 0.3 is 0 Å². The highest BCUT2D eigenvalue weighted by Gasteiger charge is 2.49. The van der Waals surface area contributed by atoms with Crippen LogP contribution in [0.3, 0.4) is 0 Å². The van der Waals surface area contributed by atoms with Gasteiger partial charge in [-0.3, -0.25) is 29.3 Å². The summed E-state index contributed by atoms with van der Waals surface area (Å²) in [4.78, 5) is 65.0. The van der Waals surface area contributed by atoms with Gasteiger partial charge in [-0.25, -0.2) is 9.40 Å². The Labute approximate surface area is 219 Å². The molecule has 12 heteroatoms. The van der Waals surface area contributed by atoms with Crippen molar-refractivity contribution in [3.63, 3.8) is 0 Å². The monoisotopic (exact) mass is 543 g/mol. The van der Waals surface area contributed by atoms with Crippen molar-refractivity contribution in [1.29, 1.82) is 0 Å². The summed E-state index contributed by atoms with van der Waals surface area (Å²) in [6.07, 6.45) is -0.219. The molecule has 37 heavy (non-hydrogen) atoms. The average Bonchev–Trinajstić information content (AvgIpc) is 3.13. The quantitative estimate of drug-likeness (QED) is 0.131. The number of nitrogens with zero attached hydrogens (tertiary/aromatic N) is 3. The highest BCUT2D eigenvalue weighted by atomic mass is 35.5. The summed E-state index contributed by atoms with van der Waals surface area (Å²) in [6.45, 7) is 0. The molecule has 0 saturated heterocycles. The van der Waals surface area contributed by atoms with Crippen LogP contribution in [0.5, 0.6) is 0 Å². The number of benzene rings is 3. The van der Waals surface area contributed by atoms with Crippen LogP contribution in [0, 0.1) is 15.9 Å². The molecular formula is C25H16Cl2FN3O6. The molecule has 0 radical (unpaired) electrons. The van der Waals surface area contributed by atoms with E-state index in [1.165, 1.54) is 42.5 Å². The van der Waals surface area contributed by atoms with Gasteiger partial charge in [0.25, 0.3) is 23.4 Å². The number of halogens is 3. The zero-order chi connectivity index (χ0) is 26.9. The minimum Gasteiger partial charge on any atom is -0.292 e. The molecule has 1 aliphatic rings. The number of rotatable bonds is 8. The summed E-state index contributed by atoms with van der Waals surface area (Å²) in [6, 6.07) is 12.2. The highest BCUT2D eigenvalue weighted by Crippen LogP contribution is 2.34. The second-order valence-electron chi connectivity index (χ2n) is 7.87. The highest BCUT2D eigenvalue weighted by molar-refractivity contribution is 6.34. The van der Waals surface area contributed by atoms with Gasteiger partial charge < -0.3 is 0 Å².